The van der Waals surface area contributed by atoms with Crippen molar-refractivity contribution in [2.75, 3.05) is 7.11 Å². The maximum Gasteiger partial charge on any atom is 0.408 e. The van der Waals surface area contributed by atoms with E-state index >= 15 is 0 Å². The number of methoxy groups -OCH3 is 1. The zero-order chi connectivity index (χ0) is 15.6. The third-order valence-electron chi connectivity index (χ3n) is 2.71. The maximum absolute atomic E-state index is 12.2. The van der Waals surface area contributed by atoms with E-state index in [1.165, 1.54) is 37.7 Å². The second kappa shape index (κ2) is 5.47. The second-order valence-electron chi connectivity index (χ2n) is 4.27. The topological polar surface area (TPSA) is 64.3 Å². The number of halogens is 3. The number of aromatic hydroxyl groups is 1. The molecule has 1 heterocycles. The highest BCUT2D eigenvalue weighted by atomic mass is 19.4. The quantitative estimate of drug-likeness (QED) is 0.885. The van der Waals surface area contributed by atoms with Crippen LogP contribution in [0.4, 0.5) is 13.2 Å². The number of nitrogens with zero attached hydrogens (tertiary/aromatic N) is 2. The van der Waals surface area contributed by atoms with Gasteiger partial charge in [-0.15, -0.1) is 0 Å². The average Bonchev–Trinajstić information content (AvgIpc) is 2.84. The number of aromatic nitrogens is 2. The van der Waals surface area contributed by atoms with E-state index in [1.807, 2.05) is 0 Å². The fourth-order valence-corrected chi connectivity index (χ4v) is 1.78. The minimum atomic E-state index is -4.36. The van der Waals surface area contributed by atoms with Crippen molar-refractivity contribution in [3.05, 3.63) is 36.2 Å². The van der Waals surface area contributed by atoms with Crippen molar-refractivity contribution >= 4 is 5.97 Å². The van der Waals surface area contributed by atoms with E-state index < -0.39 is 18.7 Å². The molecule has 0 amide bonds. The second-order valence-corrected chi connectivity index (χ2v) is 4.27. The van der Waals surface area contributed by atoms with Crippen LogP contribution in [0.1, 0.15) is 10.4 Å². The molecule has 1 aromatic heterocycles. The molecule has 0 aliphatic rings. The summed E-state index contributed by atoms with van der Waals surface area (Å²) < 4.78 is 42.0. The highest BCUT2D eigenvalue weighted by molar-refractivity contribution is 5.93. The lowest BCUT2D eigenvalue weighted by Crippen LogP contribution is -2.17. The van der Waals surface area contributed by atoms with Crippen LogP contribution in [-0.2, 0) is 11.3 Å². The Hall–Kier alpha value is -2.51. The van der Waals surface area contributed by atoms with Crippen LogP contribution in [-0.4, -0.2) is 34.1 Å². The predicted octanol–water partition coefficient (Wildman–Crippen LogP) is 2.60. The van der Waals surface area contributed by atoms with Gasteiger partial charge in [0, 0.05) is 11.8 Å². The monoisotopic (exact) mass is 300 g/mol. The Morgan fingerprint density at radius 3 is 2.67 bits per heavy atom. The number of rotatable bonds is 3. The number of hydrogen-bond acceptors (Lipinski definition) is 4. The highest BCUT2D eigenvalue weighted by Crippen LogP contribution is 2.27. The summed E-state index contributed by atoms with van der Waals surface area (Å²) in [6.07, 6.45) is -1.90. The average molecular weight is 300 g/mol. The summed E-state index contributed by atoms with van der Waals surface area (Å²) in [5.74, 6) is -1.02. The van der Waals surface area contributed by atoms with Gasteiger partial charge in [0.25, 0.3) is 0 Å². The van der Waals surface area contributed by atoms with E-state index in [9.17, 15) is 23.1 Å². The maximum atomic E-state index is 12.2. The Morgan fingerprint density at radius 2 is 2.10 bits per heavy atom. The number of carbonyl (C=O) groups excluding carboxylic acids is 1. The smallest absolute Gasteiger partial charge is 0.408 e. The van der Waals surface area contributed by atoms with Crippen LogP contribution in [0.5, 0.6) is 5.75 Å². The number of ether oxygens (including phenoxy) is 1. The van der Waals surface area contributed by atoms with Gasteiger partial charge < -0.3 is 9.84 Å². The van der Waals surface area contributed by atoms with Crippen LogP contribution in [0.25, 0.3) is 11.1 Å². The van der Waals surface area contributed by atoms with Crippen LogP contribution in [0.15, 0.2) is 30.6 Å². The molecule has 2 rings (SSSR count). The van der Waals surface area contributed by atoms with Crippen molar-refractivity contribution in [3.8, 4) is 16.9 Å². The molecule has 0 saturated carbocycles. The number of esters is 1. The molecule has 5 nitrogen and oxygen atoms in total. The molecular weight excluding hydrogens is 289 g/mol. The highest BCUT2D eigenvalue weighted by Gasteiger charge is 2.28. The molecule has 2 aromatic rings. The summed E-state index contributed by atoms with van der Waals surface area (Å²) in [6.45, 7) is -1.20. The Labute approximate surface area is 117 Å². The molecule has 21 heavy (non-hydrogen) atoms. The van der Waals surface area contributed by atoms with Crippen molar-refractivity contribution in [3.63, 3.8) is 0 Å². The molecule has 8 heteroatoms. The summed E-state index contributed by atoms with van der Waals surface area (Å²) in [7, 11) is 1.18. The summed E-state index contributed by atoms with van der Waals surface area (Å²) in [5.41, 5.74) is 0.809. The van der Waals surface area contributed by atoms with E-state index in [2.05, 4.69) is 9.84 Å². The molecule has 0 fully saturated rings. The summed E-state index contributed by atoms with van der Waals surface area (Å²) >= 11 is 0. The number of phenolic OH excluding ortho intramolecular Hbond substituents is 1. The zero-order valence-electron chi connectivity index (χ0n) is 10.9. The number of phenols is 1. The number of carbonyl (C=O) groups is 1. The number of alkyl halides is 3. The van der Waals surface area contributed by atoms with Gasteiger partial charge in [-0.2, -0.15) is 18.3 Å². The fourth-order valence-electron chi connectivity index (χ4n) is 1.78. The van der Waals surface area contributed by atoms with Gasteiger partial charge in [0.15, 0.2) is 0 Å². The molecule has 0 spiro atoms. The Kier molecular flexibility index (Phi) is 3.88. The van der Waals surface area contributed by atoms with Crippen molar-refractivity contribution < 1.29 is 27.8 Å². The van der Waals surface area contributed by atoms with Gasteiger partial charge in [0.2, 0.25) is 0 Å². The molecule has 1 N–H and O–H groups in total. The van der Waals surface area contributed by atoms with Gasteiger partial charge in [0.05, 0.1) is 13.3 Å². The zero-order valence-corrected chi connectivity index (χ0v) is 10.9. The lowest BCUT2D eigenvalue weighted by molar-refractivity contribution is -0.142. The first kappa shape index (κ1) is 14.9. The molecule has 0 aliphatic carbocycles. The first-order valence-electron chi connectivity index (χ1n) is 5.81. The van der Waals surface area contributed by atoms with Crippen LogP contribution < -0.4 is 0 Å². The predicted molar refractivity (Wildman–Crippen MR) is 66.7 cm³/mol. The molecule has 0 unspecified atom stereocenters. The number of benzene rings is 1. The van der Waals surface area contributed by atoms with Gasteiger partial charge in [-0.1, -0.05) is 6.07 Å². The third-order valence-corrected chi connectivity index (χ3v) is 2.71. The van der Waals surface area contributed by atoms with Gasteiger partial charge in [-0.3, -0.25) is 4.68 Å². The number of hydrogen-bond donors (Lipinski definition) is 1. The first-order chi connectivity index (χ1) is 9.80. The third kappa shape index (κ3) is 3.53. The Bertz CT molecular complexity index is 665. The Balaban J connectivity index is 2.27. The van der Waals surface area contributed by atoms with Crippen LogP contribution in [0.2, 0.25) is 0 Å². The minimum Gasteiger partial charge on any atom is -0.507 e. The standard InChI is InChI=1S/C13H11F3N2O3/c1-21-12(20)10-3-2-8(4-11(10)19)9-5-17-18(6-9)7-13(14,15)16/h2-6,19H,7H2,1H3. The molecule has 0 saturated heterocycles. The Morgan fingerprint density at radius 1 is 1.38 bits per heavy atom. The lowest BCUT2D eigenvalue weighted by Gasteiger charge is -2.06. The van der Waals surface area contributed by atoms with Crippen LogP contribution in [0, 0.1) is 0 Å². The van der Waals surface area contributed by atoms with Gasteiger partial charge in [0.1, 0.15) is 17.9 Å². The van der Waals surface area contributed by atoms with Crippen molar-refractivity contribution in [1.82, 2.24) is 9.78 Å². The van der Waals surface area contributed by atoms with Gasteiger partial charge in [-0.05, 0) is 17.7 Å². The summed E-state index contributed by atoms with van der Waals surface area (Å²) in [6, 6.07) is 4.08. The van der Waals surface area contributed by atoms with E-state index in [1.54, 1.807) is 0 Å². The molecule has 0 aliphatic heterocycles. The van der Waals surface area contributed by atoms with Crippen molar-refractivity contribution in [2.24, 2.45) is 0 Å². The lowest BCUT2D eigenvalue weighted by atomic mass is 10.1. The van der Waals surface area contributed by atoms with Crippen molar-refractivity contribution in [1.29, 1.82) is 0 Å². The molecule has 0 atom stereocenters. The van der Waals surface area contributed by atoms with E-state index in [0.717, 1.165) is 4.68 Å². The summed E-state index contributed by atoms with van der Waals surface area (Å²) in [5, 5.41) is 13.3. The normalized spacial score (nSPS) is 11.4. The summed E-state index contributed by atoms with van der Waals surface area (Å²) in [4.78, 5) is 11.3. The van der Waals surface area contributed by atoms with E-state index in [0.29, 0.717) is 11.1 Å². The fraction of sp³-hybridized carbons (Fsp3) is 0.231. The largest absolute Gasteiger partial charge is 0.507 e. The van der Waals surface area contributed by atoms with Crippen molar-refractivity contribution in [2.45, 2.75) is 12.7 Å². The van der Waals surface area contributed by atoms with E-state index in [4.69, 9.17) is 0 Å². The van der Waals surface area contributed by atoms with Crippen LogP contribution in [0.3, 0.4) is 0 Å². The molecule has 112 valence electrons. The van der Waals surface area contributed by atoms with Gasteiger partial charge >= 0.3 is 12.1 Å². The van der Waals surface area contributed by atoms with E-state index in [-0.39, 0.29) is 11.3 Å². The SMILES string of the molecule is COC(=O)c1ccc(-c2cnn(CC(F)(F)F)c2)cc1O. The molecular formula is C13H11F3N2O3. The molecule has 0 bridgehead atoms. The first-order valence-corrected chi connectivity index (χ1v) is 5.81. The molecule has 0 radical (unpaired) electrons. The molecule has 1 aromatic carbocycles. The van der Waals surface area contributed by atoms with Crippen LogP contribution >= 0.6 is 0 Å². The minimum absolute atomic E-state index is 0.0241. The van der Waals surface area contributed by atoms with Gasteiger partial charge in [-0.25, -0.2) is 4.79 Å².